The van der Waals surface area contributed by atoms with Gasteiger partial charge >= 0.3 is 0 Å². The number of aryl methyl sites for hydroxylation is 1. The Labute approximate surface area is 102 Å². The SMILES string of the molecule is Cc1ccc(CSCC(CO)CCO)cc1. The predicted molar refractivity (Wildman–Crippen MR) is 69.6 cm³/mol. The van der Waals surface area contributed by atoms with Crippen molar-refractivity contribution in [2.75, 3.05) is 19.0 Å². The molecule has 16 heavy (non-hydrogen) atoms. The lowest BCUT2D eigenvalue weighted by atomic mass is 10.1. The van der Waals surface area contributed by atoms with E-state index in [4.69, 9.17) is 10.2 Å². The van der Waals surface area contributed by atoms with Crippen LogP contribution in [0.15, 0.2) is 24.3 Å². The van der Waals surface area contributed by atoms with Crippen LogP contribution in [0.5, 0.6) is 0 Å². The first-order valence-corrected chi connectivity index (χ1v) is 6.76. The van der Waals surface area contributed by atoms with E-state index >= 15 is 0 Å². The number of rotatable bonds is 7. The van der Waals surface area contributed by atoms with Crippen molar-refractivity contribution in [2.45, 2.75) is 19.1 Å². The van der Waals surface area contributed by atoms with Gasteiger partial charge in [-0.25, -0.2) is 0 Å². The molecule has 1 aromatic carbocycles. The van der Waals surface area contributed by atoms with Crippen molar-refractivity contribution in [3.8, 4) is 0 Å². The van der Waals surface area contributed by atoms with Gasteiger partial charge in [-0.1, -0.05) is 29.8 Å². The fraction of sp³-hybridized carbons (Fsp3) is 0.538. The van der Waals surface area contributed by atoms with Crippen LogP contribution in [0, 0.1) is 12.8 Å². The van der Waals surface area contributed by atoms with Gasteiger partial charge in [0.15, 0.2) is 0 Å². The number of hydrogen-bond acceptors (Lipinski definition) is 3. The highest BCUT2D eigenvalue weighted by Gasteiger charge is 2.06. The number of hydrogen-bond donors (Lipinski definition) is 2. The van der Waals surface area contributed by atoms with Gasteiger partial charge < -0.3 is 10.2 Å². The molecule has 0 heterocycles. The van der Waals surface area contributed by atoms with Crippen LogP contribution in [0.2, 0.25) is 0 Å². The molecule has 1 atom stereocenters. The van der Waals surface area contributed by atoms with Crippen LogP contribution in [-0.2, 0) is 5.75 Å². The van der Waals surface area contributed by atoms with Gasteiger partial charge in [0.05, 0.1) is 0 Å². The maximum atomic E-state index is 9.07. The van der Waals surface area contributed by atoms with E-state index in [9.17, 15) is 0 Å². The summed E-state index contributed by atoms with van der Waals surface area (Å²) in [7, 11) is 0. The van der Waals surface area contributed by atoms with Gasteiger partial charge in [0.2, 0.25) is 0 Å². The van der Waals surface area contributed by atoms with Crippen molar-refractivity contribution in [2.24, 2.45) is 5.92 Å². The molecule has 0 fully saturated rings. The molecule has 0 aliphatic carbocycles. The molecule has 90 valence electrons. The van der Waals surface area contributed by atoms with Crippen LogP contribution >= 0.6 is 11.8 Å². The normalized spacial score (nSPS) is 12.7. The Morgan fingerprint density at radius 2 is 1.88 bits per heavy atom. The predicted octanol–water partition coefficient (Wildman–Crippen LogP) is 2.22. The minimum absolute atomic E-state index is 0.163. The lowest BCUT2D eigenvalue weighted by Crippen LogP contribution is -2.11. The molecule has 0 aromatic heterocycles. The number of benzene rings is 1. The molecule has 1 rings (SSSR count). The van der Waals surface area contributed by atoms with Crippen LogP contribution in [0.1, 0.15) is 17.5 Å². The fourth-order valence-electron chi connectivity index (χ4n) is 1.44. The fourth-order valence-corrected chi connectivity index (χ4v) is 2.59. The van der Waals surface area contributed by atoms with E-state index in [0.29, 0.717) is 6.42 Å². The highest BCUT2D eigenvalue weighted by molar-refractivity contribution is 7.98. The zero-order valence-electron chi connectivity index (χ0n) is 9.72. The van der Waals surface area contributed by atoms with E-state index in [-0.39, 0.29) is 19.1 Å². The van der Waals surface area contributed by atoms with Crippen molar-refractivity contribution in [1.82, 2.24) is 0 Å². The summed E-state index contributed by atoms with van der Waals surface area (Å²) in [6.07, 6.45) is 0.692. The Kier molecular flexibility index (Phi) is 6.53. The Bertz CT molecular complexity index is 284. The Balaban J connectivity index is 2.26. The van der Waals surface area contributed by atoms with Gasteiger partial charge in [0.1, 0.15) is 0 Å². The quantitative estimate of drug-likeness (QED) is 0.768. The highest BCUT2D eigenvalue weighted by Crippen LogP contribution is 2.17. The van der Waals surface area contributed by atoms with E-state index in [1.165, 1.54) is 11.1 Å². The van der Waals surface area contributed by atoms with Crippen molar-refractivity contribution in [3.05, 3.63) is 35.4 Å². The first kappa shape index (κ1) is 13.6. The first-order valence-electron chi connectivity index (χ1n) is 5.61. The molecular formula is C13H20O2S. The van der Waals surface area contributed by atoms with Crippen LogP contribution in [0.4, 0.5) is 0 Å². The topological polar surface area (TPSA) is 40.5 Å². The minimum atomic E-state index is 0.163. The zero-order valence-corrected chi connectivity index (χ0v) is 10.5. The van der Waals surface area contributed by atoms with E-state index < -0.39 is 0 Å². The van der Waals surface area contributed by atoms with Crippen molar-refractivity contribution < 1.29 is 10.2 Å². The van der Waals surface area contributed by atoms with Gasteiger partial charge in [-0.05, 0) is 30.6 Å². The molecule has 0 spiro atoms. The third kappa shape index (κ3) is 5.01. The third-order valence-electron chi connectivity index (χ3n) is 2.54. The first-order chi connectivity index (χ1) is 7.76. The largest absolute Gasteiger partial charge is 0.396 e. The molecule has 0 saturated carbocycles. The Morgan fingerprint density at radius 3 is 2.44 bits per heavy atom. The van der Waals surface area contributed by atoms with Gasteiger partial charge in [-0.3, -0.25) is 0 Å². The summed E-state index contributed by atoms with van der Waals surface area (Å²) < 4.78 is 0. The summed E-state index contributed by atoms with van der Waals surface area (Å²) in [6, 6.07) is 8.52. The third-order valence-corrected chi connectivity index (χ3v) is 3.78. The molecule has 0 bridgehead atoms. The van der Waals surface area contributed by atoms with Gasteiger partial charge in [0.25, 0.3) is 0 Å². The molecule has 2 N–H and O–H groups in total. The lowest BCUT2D eigenvalue weighted by Gasteiger charge is -2.11. The minimum Gasteiger partial charge on any atom is -0.396 e. The maximum Gasteiger partial charge on any atom is 0.0468 e. The Morgan fingerprint density at radius 1 is 1.19 bits per heavy atom. The van der Waals surface area contributed by atoms with Gasteiger partial charge in [0, 0.05) is 19.0 Å². The summed E-state index contributed by atoms with van der Waals surface area (Å²) >= 11 is 1.81. The molecule has 1 unspecified atom stereocenters. The maximum absolute atomic E-state index is 9.07. The van der Waals surface area contributed by atoms with Crippen LogP contribution in [-0.4, -0.2) is 29.2 Å². The molecule has 0 aliphatic heterocycles. The molecule has 1 aromatic rings. The van der Waals surface area contributed by atoms with Crippen LogP contribution in [0.3, 0.4) is 0 Å². The average molecular weight is 240 g/mol. The second-order valence-electron chi connectivity index (χ2n) is 4.06. The Hall–Kier alpha value is -0.510. The average Bonchev–Trinajstić information content (AvgIpc) is 2.30. The number of thioether (sulfide) groups is 1. The summed E-state index contributed by atoms with van der Waals surface area (Å²) in [5.74, 6) is 2.10. The van der Waals surface area contributed by atoms with Gasteiger partial charge in [-0.2, -0.15) is 11.8 Å². The van der Waals surface area contributed by atoms with Crippen molar-refractivity contribution in [1.29, 1.82) is 0 Å². The molecule has 0 aliphatic rings. The molecule has 0 amide bonds. The molecule has 0 saturated heterocycles. The number of aliphatic hydroxyl groups is 2. The summed E-state index contributed by atoms with van der Waals surface area (Å²) in [5.41, 5.74) is 2.60. The van der Waals surface area contributed by atoms with E-state index in [2.05, 4.69) is 31.2 Å². The summed E-state index contributed by atoms with van der Waals surface area (Å²) in [6.45, 7) is 2.41. The molecular weight excluding hydrogens is 220 g/mol. The summed E-state index contributed by atoms with van der Waals surface area (Å²) in [5, 5.41) is 17.9. The van der Waals surface area contributed by atoms with Gasteiger partial charge in [-0.15, -0.1) is 0 Å². The standard InChI is InChI=1S/C13H20O2S/c1-11-2-4-12(5-3-11)9-16-10-13(8-15)6-7-14/h2-5,13-15H,6-10H2,1H3. The van der Waals surface area contributed by atoms with Crippen LogP contribution in [0.25, 0.3) is 0 Å². The molecule has 3 heteroatoms. The van der Waals surface area contributed by atoms with Crippen molar-refractivity contribution >= 4 is 11.8 Å². The monoisotopic (exact) mass is 240 g/mol. The summed E-state index contributed by atoms with van der Waals surface area (Å²) in [4.78, 5) is 0. The zero-order chi connectivity index (χ0) is 11.8. The van der Waals surface area contributed by atoms with Crippen molar-refractivity contribution in [3.63, 3.8) is 0 Å². The second kappa shape index (κ2) is 7.71. The molecule has 2 nitrogen and oxygen atoms in total. The van der Waals surface area contributed by atoms with E-state index in [1.54, 1.807) is 0 Å². The van der Waals surface area contributed by atoms with Crippen LogP contribution < -0.4 is 0 Å². The second-order valence-corrected chi connectivity index (χ2v) is 5.09. The van der Waals surface area contributed by atoms with E-state index in [1.807, 2.05) is 11.8 Å². The van der Waals surface area contributed by atoms with E-state index in [0.717, 1.165) is 11.5 Å². The smallest absolute Gasteiger partial charge is 0.0468 e. The number of aliphatic hydroxyl groups excluding tert-OH is 2. The lowest BCUT2D eigenvalue weighted by molar-refractivity contribution is 0.196. The molecule has 0 radical (unpaired) electrons. The highest BCUT2D eigenvalue weighted by atomic mass is 32.2.